The molecule has 2 aliphatic heterocycles. The Morgan fingerprint density at radius 1 is 1.40 bits per heavy atom. The van der Waals surface area contributed by atoms with Crippen LogP contribution >= 0.6 is 0 Å². The molecule has 1 aromatic rings. The van der Waals surface area contributed by atoms with Crippen molar-refractivity contribution in [3.8, 4) is 0 Å². The van der Waals surface area contributed by atoms with Crippen LogP contribution in [0.5, 0.6) is 0 Å². The molecule has 20 heavy (non-hydrogen) atoms. The lowest BCUT2D eigenvalue weighted by molar-refractivity contribution is -0.116. The van der Waals surface area contributed by atoms with E-state index in [9.17, 15) is 4.79 Å². The summed E-state index contributed by atoms with van der Waals surface area (Å²) in [6.07, 6.45) is 2.77. The first-order chi connectivity index (χ1) is 9.69. The van der Waals surface area contributed by atoms with E-state index in [1.54, 1.807) is 0 Å². The third-order valence-electron chi connectivity index (χ3n) is 4.47. The van der Waals surface area contributed by atoms with Gasteiger partial charge in [0.2, 0.25) is 5.91 Å². The molecule has 4 heteroatoms. The molecule has 0 aromatic heterocycles. The maximum absolute atomic E-state index is 11.4. The first-order valence-corrected chi connectivity index (χ1v) is 7.40. The first-order valence-electron chi connectivity index (χ1n) is 7.40. The van der Waals surface area contributed by atoms with Gasteiger partial charge in [0, 0.05) is 18.7 Å². The number of rotatable bonds is 3. The predicted octanol–water partition coefficient (Wildman–Crippen LogP) is 2.26. The molecule has 1 fully saturated rings. The van der Waals surface area contributed by atoms with Gasteiger partial charge >= 0.3 is 0 Å². The summed E-state index contributed by atoms with van der Waals surface area (Å²) in [6, 6.07) is 6.55. The number of carbonyl (C=O) groups is 1. The van der Waals surface area contributed by atoms with E-state index < -0.39 is 0 Å². The van der Waals surface area contributed by atoms with Crippen molar-refractivity contribution in [1.82, 2.24) is 5.32 Å². The number of hydrogen-bond acceptors (Lipinski definition) is 3. The Bertz CT molecular complexity index is 515. The smallest absolute Gasteiger partial charge is 0.224 e. The van der Waals surface area contributed by atoms with Crippen LogP contribution in [0.15, 0.2) is 18.2 Å². The summed E-state index contributed by atoms with van der Waals surface area (Å²) in [5.74, 6) is 0.686. The van der Waals surface area contributed by atoms with E-state index in [1.807, 2.05) is 13.1 Å². The molecule has 0 aliphatic carbocycles. The number of hydrogen-bond donors (Lipinski definition) is 2. The largest absolute Gasteiger partial charge is 0.376 e. The Morgan fingerprint density at radius 3 is 2.95 bits per heavy atom. The zero-order valence-electron chi connectivity index (χ0n) is 12.1. The van der Waals surface area contributed by atoms with E-state index in [2.05, 4.69) is 29.7 Å². The Morgan fingerprint density at radius 2 is 2.25 bits per heavy atom. The fourth-order valence-corrected chi connectivity index (χ4v) is 3.26. The van der Waals surface area contributed by atoms with Gasteiger partial charge in [0.15, 0.2) is 0 Å². The highest BCUT2D eigenvalue weighted by Gasteiger charge is 2.32. The summed E-state index contributed by atoms with van der Waals surface area (Å²) in [6.45, 7) is 3.10. The van der Waals surface area contributed by atoms with Crippen molar-refractivity contribution >= 4 is 11.6 Å². The molecule has 1 saturated heterocycles. The molecule has 3 unspecified atom stereocenters. The molecule has 3 atom stereocenters. The van der Waals surface area contributed by atoms with E-state index in [-0.39, 0.29) is 18.1 Å². The third-order valence-corrected chi connectivity index (χ3v) is 4.47. The van der Waals surface area contributed by atoms with Crippen molar-refractivity contribution in [2.45, 2.75) is 38.3 Å². The van der Waals surface area contributed by atoms with Gasteiger partial charge in [-0.2, -0.15) is 0 Å². The van der Waals surface area contributed by atoms with Crippen LogP contribution < -0.4 is 10.6 Å². The highest BCUT2D eigenvalue weighted by molar-refractivity contribution is 5.93. The van der Waals surface area contributed by atoms with Gasteiger partial charge in [-0.05, 0) is 43.0 Å². The van der Waals surface area contributed by atoms with Crippen LogP contribution in [0.2, 0.25) is 0 Å². The molecule has 2 N–H and O–H groups in total. The van der Waals surface area contributed by atoms with Crippen LogP contribution in [0.3, 0.4) is 0 Å². The van der Waals surface area contributed by atoms with Gasteiger partial charge in [0.25, 0.3) is 0 Å². The average Bonchev–Trinajstić information content (AvgIpc) is 2.86. The minimum Gasteiger partial charge on any atom is -0.376 e. The number of aryl methyl sites for hydroxylation is 1. The third kappa shape index (κ3) is 2.45. The number of anilines is 1. The molecular formula is C16H22N2O2. The second-order valence-electron chi connectivity index (χ2n) is 5.83. The number of nitrogens with one attached hydrogen (secondary N) is 2. The molecule has 0 saturated carbocycles. The SMILES string of the molecule is CNC(c1ccc2c(c1)CCC(=O)N2)C1OCCC1C. The van der Waals surface area contributed by atoms with Crippen molar-refractivity contribution < 1.29 is 9.53 Å². The fourth-order valence-electron chi connectivity index (χ4n) is 3.26. The molecule has 3 rings (SSSR count). The van der Waals surface area contributed by atoms with E-state index >= 15 is 0 Å². The summed E-state index contributed by atoms with van der Waals surface area (Å²) in [5, 5.41) is 6.33. The Kier molecular flexibility index (Phi) is 3.76. The molecule has 108 valence electrons. The van der Waals surface area contributed by atoms with Crippen molar-refractivity contribution in [3.05, 3.63) is 29.3 Å². The molecule has 2 aliphatic rings. The summed E-state index contributed by atoms with van der Waals surface area (Å²) >= 11 is 0. The number of fused-ring (bicyclic) bond motifs is 1. The van der Waals surface area contributed by atoms with Gasteiger partial charge in [0.05, 0.1) is 12.1 Å². The number of carbonyl (C=O) groups excluding carboxylic acids is 1. The van der Waals surface area contributed by atoms with Crippen molar-refractivity contribution in [3.63, 3.8) is 0 Å². The van der Waals surface area contributed by atoms with Crippen LogP contribution in [-0.2, 0) is 16.0 Å². The summed E-state index contributed by atoms with van der Waals surface area (Å²) in [7, 11) is 1.99. The monoisotopic (exact) mass is 274 g/mol. The van der Waals surface area contributed by atoms with E-state index in [1.165, 1.54) is 11.1 Å². The Balaban J connectivity index is 1.87. The second kappa shape index (κ2) is 5.54. The van der Waals surface area contributed by atoms with Crippen LogP contribution in [-0.4, -0.2) is 25.7 Å². The summed E-state index contributed by atoms with van der Waals surface area (Å²) in [5.41, 5.74) is 3.44. The van der Waals surface area contributed by atoms with Gasteiger partial charge in [0.1, 0.15) is 0 Å². The number of amides is 1. The van der Waals surface area contributed by atoms with Crippen LogP contribution in [0.1, 0.15) is 36.9 Å². The van der Waals surface area contributed by atoms with E-state index in [0.29, 0.717) is 12.3 Å². The summed E-state index contributed by atoms with van der Waals surface area (Å²) < 4.78 is 5.90. The maximum atomic E-state index is 11.4. The normalized spacial score (nSPS) is 27.0. The van der Waals surface area contributed by atoms with Gasteiger partial charge in [-0.15, -0.1) is 0 Å². The fraction of sp³-hybridized carbons (Fsp3) is 0.562. The molecule has 2 heterocycles. The zero-order chi connectivity index (χ0) is 14.1. The minimum absolute atomic E-state index is 0.114. The van der Waals surface area contributed by atoms with Gasteiger partial charge in [-0.1, -0.05) is 19.1 Å². The topological polar surface area (TPSA) is 50.4 Å². The lowest BCUT2D eigenvalue weighted by Gasteiger charge is -2.27. The minimum atomic E-state index is 0.114. The number of ether oxygens (including phenoxy) is 1. The molecule has 0 bridgehead atoms. The predicted molar refractivity (Wildman–Crippen MR) is 78.7 cm³/mol. The van der Waals surface area contributed by atoms with E-state index in [4.69, 9.17) is 4.74 Å². The van der Waals surface area contributed by atoms with Crippen LogP contribution in [0, 0.1) is 5.92 Å². The van der Waals surface area contributed by atoms with Crippen LogP contribution in [0.4, 0.5) is 5.69 Å². The van der Waals surface area contributed by atoms with Gasteiger partial charge in [-0.3, -0.25) is 4.79 Å². The standard InChI is InChI=1S/C16H22N2O2/c1-10-7-8-20-16(10)15(17-2)12-3-5-13-11(9-12)4-6-14(19)18-13/h3,5,9-10,15-17H,4,6-8H2,1-2H3,(H,18,19). The molecule has 1 amide bonds. The maximum Gasteiger partial charge on any atom is 0.224 e. The molecule has 0 radical (unpaired) electrons. The lowest BCUT2D eigenvalue weighted by atomic mass is 9.90. The molecule has 0 spiro atoms. The number of likely N-dealkylation sites (N-methyl/N-ethyl adjacent to an activating group) is 1. The number of benzene rings is 1. The highest BCUT2D eigenvalue weighted by Crippen LogP contribution is 2.33. The lowest BCUT2D eigenvalue weighted by Crippen LogP contribution is -2.32. The Hall–Kier alpha value is -1.39. The molecule has 1 aromatic carbocycles. The van der Waals surface area contributed by atoms with Crippen LogP contribution in [0.25, 0.3) is 0 Å². The average molecular weight is 274 g/mol. The zero-order valence-corrected chi connectivity index (χ0v) is 12.1. The van der Waals surface area contributed by atoms with Gasteiger partial charge in [-0.25, -0.2) is 0 Å². The van der Waals surface area contributed by atoms with E-state index in [0.717, 1.165) is 25.1 Å². The first kappa shape index (κ1) is 13.6. The molecular weight excluding hydrogens is 252 g/mol. The van der Waals surface area contributed by atoms with Crippen molar-refractivity contribution in [1.29, 1.82) is 0 Å². The highest BCUT2D eigenvalue weighted by atomic mass is 16.5. The van der Waals surface area contributed by atoms with Gasteiger partial charge < -0.3 is 15.4 Å². The van der Waals surface area contributed by atoms with Crippen molar-refractivity contribution in [2.24, 2.45) is 5.92 Å². The summed E-state index contributed by atoms with van der Waals surface area (Å²) in [4.78, 5) is 11.4. The molecule has 4 nitrogen and oxygen atoms in total. The second-order valence-corrected chi connectivity index (χ2v) is 5.83. The van der Waals surface area contributed by atoms with Crippen molar-refractivity contribution in [2.75, 3.05) is 19.0 Å². The quantitative estimate of drug-likeness (QED) is 0.889. The Labute approximate surface area is 119 Å².